The Bertz CT molecular complexity index is 550. The maximum Gasteiger partial charge on any atom is 0.356 e. The van der Waals surface area contributed by atoms with Crippen LogP contribution >= 0.6 is 0 Å². The average Bonchev–Trinajstić information content (AvgIpc) is 2.46. The largest absolute Gasteiger partial charge is 0.476 e. The summed E-state index contributed by atoms with van der Waals surface area (Å²) in [6, 6.07) is 8.31. The van der Waals surface area contributed by atoms with Gasteiger partial charge in [0.05, 0.1) is 12.4 Å². The molecule has 2 rings (SSSR count). The number of aromatic nitrogens is 2. The van der Waals surface area contributed by atoms with Crippen LogP contribution in [0.3, 0.4) is 0 Å². The van der Waals surface area contributed by atoms with Crippen molar-refractivity contribution in [1.82, 2.24) is 9.97 Å². The van der Waals surface area contributed by atoms with Crippen LogP contribution < -0.4 is 5.32 Å². The first-order valence-electron chi connectivity index (χ1n) is 6.06. The van der Waals surface area contributed by atoms with E-state index >= 15 is 0 Å². The number of carbonyl (C=O) groups is 1. The van der Waals surface area contributed by atoms with Crippen LogP contribution in [-0.2, 0) is 13.0 Å². The second kappa shape index (κ2) is 5.95. The summed E-state index contributed by atoms with van der Waals surface area (Å²) in [5, 5.41) is 11.8. The molecule has 0 aliphatic rings. The molecule has 0 saturated carbocycles. The lowest BCUT2D eigenvalue weighted by atomic mass is 10.1. The van der Waals surface area contributed by atoms with Crippen molar-refractivity contribution in [3.63, 3.8) is 0 Å². The second-order valence-electron chi connectivity index (χ2n) is 4.12. The first-order chi connectivity index (χ1) is 9.19. The number of carboxylic acid groups (broad SMARTS) is 1. The second-order valence-corrected chi connectivity index (χ2v) is 4.12. The van der Waals surface area contributed by atoms with Gasteiger partial charge >= 0.3 is 5.97 Å². The molecule has 5 heteroatoms. The highest BCUT2D eigenvalue weighted by Crippen LogP contribution is 2.08. The Balaban J connectivity index is 1.95. The lowest BCUT2D eigenvalue weighted by Gasteiger charge is -2.06. The highest BCUT2D eigenvalue weighted by atomic mass is 16.4. The van der Waals surface area contributed by atoms with Crippen LogP contribution in [0.25, 0.3) is 0 Å². The van der Waals surface area contributed by atoms with Crippen LogP contribution in [0, 0.1) is 0 Å². The molecule has 0 bridgehead atoms. The predicted octanol–water partition coefficient (Wildman–Crippen LogP) is 2.35. The Morgan fingerprint density at radius 3 is 2.37 bits per heavy atom. The van der Waals surface area contributed by atoms with Gasteiger partial charge in [-0.3, -0.25) is 0 Å². The summed E-state index contributed by atoms with van der Waals surface area (Å²) >= 11 is 0. The number of nitrogens with zero attached hydrogens (tertiary/aromatic N) is 2. The lowest BCUT2D eigenvalue weighted by Crippen LogP contribution is -2.05. The summed E-state index contributed by atoms with van der Waals surface area (Å²) < 4.78 is 0. The van der Waals surface area contributed by atoms with E-state index in [9.17, 15) is 4.79 Å². The first kappa shape index (κ1) is 13.0. The minimum atomic E-state index is -1.07. The smallest absolute Gasteiger partial charge is 0.356 e. The molecule has 0 fully saturated rings. The molecule has 2 N–H and O–H groups in total. The number of carboxylic acids is 1. The fourth-order valence-corrected chi connectivity index (χ4v) is 1.62. The third-order valence-electron chi connectivity index (χ3n) is 2.78. The van der Waals surface area contributed by atoms with Gasteiger partial charge in [0.15, 0.2) is 5.69 Å². The maximum atomic E-state index is 10.6. The molecule has 5 nitrogen and oxygen atoms in total. The van der Waals surface area contributed by atoms with Crippen molar-refractivity contribution in [3.8, 4) is 0 Å². The van der Waals surface area contributed by atoms with Crippen LogP contribution in [-0.4, -0.2) is 21.0 Å². The quantitative estimate of drug-likeness (QED) is 0.860. The average molecular weight is 257 g/mol. The number of nitrogens with one attached hydrogen (secondary N) is 1. The third-order valence-corrected chi connectivity index (χ3v) is 2.78. The van der Waals surface area contributed by atoms with Gasteiger partial charge in [-0.15, -0.1) is 0 Å². The van der Waals surface area contributed by atoms with Crippen LogP contribution in [0.15, 0.2) is 36.7 Å². The Kier molecular flexibility index (Phi) is 4.07. The fraction of sp³-hybridized carbons (Fsp3) is 0.214. The molecule has 1 aromatic carbocycles. The van der Waals surface area contributed by atoms with Crippen molar-refractivity contribution in [3.05, 3.63) is 53.5 Å². The van der Waals surface area contributed by atoms with Crippen molar-refractivity contribution in [2.24, 2.45) is 0 Å². The van der Waals surface area contributed by atoms with Gasteiger partial charge in [0.1, 0.15) is 5.82 Å². The monoisotopic (exact) mass is 257 g/mol. The van der Waals surface area contributed by atoms with Gasteiger partial charge < -0.3 is 10.4 Å². The summed E-state index contributed by atoms with van der Waals surface area (Å²) in [6.45, 7) is 2.75. The zero-order valence-corrected chi connectivity index (χ0v) is 10.6. The molecule has 0 aliphatic heterocycles. The number of anilines is 1. The number of aromatic carboxylic acids is 1. The minimum Gasteiger partial charge on any atom is -0.476 e. The summed E-state index contributed by atoms with van der Waals surface area (Å²) in [7, 11) is 0. The molecular weight excluding hydrogens is 242 g/mol. The van der Waals surface area contributed by atoms with Crippen molar-refractivity contribution >= 4 is 11.8 Å². The molecule has 2 aromatic rings. The molecule has 19 heavy (non-hydrogen) atoms. The summed E-state index contributed by atoms with van der Waals surface area (Å²) in [5.41, 5.74) is 2.38. The van der Waals surface area contributed by atoms with Crippen LogP contribution in [0.1, 0.15) is 28.5 Å². The summed E-state index contributed by atoms with van der Waals surface area (Å²) in [4.78, 5) is 18.4. The Morgan fingerprint density at radius 2 is 1.84 bits per heavy atom. The highest BCUT2D eigenvalue weighted by Gasteiger charge is 2.04. The first-order valence-corrected chi connectivity index (χ1v) is 6.06. The molecule has 0 spiro atoms. The Morgan fingerprint density at radius 1 is 1.16 bits per heavy atom. The molecule has 0 atom stereocenters. The van der Waals surface area contributed by atoms with E-state index < -0.39 is 5.97 Å². The summed E-state index contributed by atoms with van der Waals surface area (Å²) in [5.74, 6) is -0.515. The zero-order chi connectivity index (χ0) is 13.7. The van der Waals surface area contributed by atoms with Gasteiger partial charge in [-0.1, -0.05) is 31.2 Å². The third kappa shape index (κ3) is 3.51. The summed E-state index contributed by atoms with van der Waals surface area (Å²) in [6.07, 6.45) is 3.69. The van der Waals surface area contributed by atoms with Crippen molar-refractivity contribution in [2.75, 3.05) is 5.32 Å². The van der Waals surface area contributed by atoms with Crippen LogP contribution in [0.4, 0.5) is 5.82 Å². The molecule has 0 amide bonds. The number of aryl methyl sites for hydroxylation is 1. The van der Waals surface area contributed by atoms with Gasteiger partial charge in [0.25, 0.3) is 0 Å². The van der Waals surface area contributed by atoms with Crippen LogP contribution in [0.5, 0.6) is 0 Å². The number of hydrogen-bond acceptors (Lipinski definition) is 4. The van der Waals surface area contributed by atoms with Gasteiger partial charge in [-0.05, 0) is 17.5 Å². The molecule has 98 valence electrons. The SMILES string of the molecule is CCc1ccc(CNc2cnc(C(=O)O)cn2)cc1. The van der Waals surface area contributed by atoms with E-state index in [-0.39, 0.29) is 5.69 Å². The molecule has 0 unspecified atom stereocenters. The molecule has 0 aliphatic carbocycles. The Labute approximate surface area is 111 Å². The van der Waals surface area contributed by atoms with Crippen molar-refractivity contribution < 1.29 is 9.90 Å². The zero-order valence-electron chi connectivity index (χ0n) is 10.6. The molecular formula is C14H15N3O2. The van der Waals surface area contributed by atoms with Gasteiger partial charge in [-0.25, -0.2) is 14.8 Å². The van der Waals surface area contributed by atoms with Gasteiger partial charge in [-0.2, -0.15) is 0 Å². The van der Waals surface area contributed by atoms with Crippen molar-refractivity contribution in [1.29, 1.82) is 0 Å². The molecule has 0 saturated heterocycles. The highest BCUT2D eigenvalue weighted by molar-refractivity contribution is 5.84. The normalized spacial score (nSPS) is 10.2. The molecule has 0 radical (unpaired) electrons. The topological polar surface area (TPSA) is 75.1 Å². The van der Waals surface area contributed by atoms with E-state index in [1.165, 1.54) is 18.0 Å². The van der Waals surface area contributed by atoms with Gasteiger partial charge in [0.2, 0.25) is 0 Å². The van der Waals surface area contributed by atoms with Gasteiger partial charge in [0, 0.05) is 6.54 Å². The number of rotatable bonds is 5. The van der Waals surface area contributed by atoms with E-state index in [0.717, 1.165) is 12.0 Å². The standard InChI is InChI=1S/C14H15N3O2/c1-2-10-3-5-11(6-4-10)7-16-13-9-15-12(8-17-13)14(18)19/h3-6,8-9H,2,7H2,1H3,(H,16,17)(H,18,19). The van der Waals surface area contributed by atoms with E-state index in [4.69, 9.17) is 5.11 Å². The Hall–Kier alpha value is -2.43. The lowest BCUT2D eigenvalue weighted by molar-refractivity contribution is 0.0690. The minimum absolute atomic E-state index is 0.0575. The van der Waals surface area contributed by atoms with E-state index in [1.54, 1.807) is 0 Å². The molecule has 1 heterocycles. The predicted molar refractivity (Wildman–Crippen MR) is 72.1 cm³/mol. The molecule has 1 aromatic heterocycles. The maximum absolute atomic E-state index is 10.6. The van der Waals surface area contributed by atoms with E-state index in [2.05, 4.69) is 46.5 Å². The van der Waals surface area contributed by atoms with Crippen LogP contribution in [0.2, 0.25) is 0 Å². The fourth-order valence-electron chi connectivity index (χ4n) is 1.62. The van der Waals surface area contributed by atoms with E-state index in [1.807, 2.05) is 0 Å². The number of hydrogen-bond donors (Lipinski definition) is 2. The van der Waals surface area contributed by atoms with Crippen molar-refractivity contribution in [2.45, 2.75) is 19.9 Å². The van der Waals surface area contributed by atoms with E-state index in [0.29, 0.717) is 12.4 Å². The number of benzene rings is 1.